The van der Waals surface area contributed by atoms with E-state index in [1.54, 1.807) is 54.6 Å². The van der Waals surface area contributed by atoms with Gasteiger partial charge in [0, 0.05) is 11.3 Å². The maximum absolute atomic E-state index is 13.4. The number of nitrogens with zero attached hydrogens (tertiary/aromatic N) is 1. The smallest absolute Gasteiger partial charge is 0.257 e. The lowest BCUT2D eigenvalue weighted by atomic mass is 10.2. The van der Waals surface area contributed by atoms with Gasteiger partial charge in [0.2, 0.25) is 0 Å². The Kier molecular flexibility index (Phi) is 4.14. The zero-order chi connectivity index (χ0) is 18.1. The van der Waals surface area contributed by atoms with E-state index in [1.807, 2.05) is 0 Å². The second-order valence-corrected chi connectivity index (χ2v) is 6.17. The number of amides is 1. The Morgan fingerprint density at radius 1 is 1.04 bits per heavy atom. The number of H-pyrrole nitrogens is 1. The minimum Gasteiger partial charge on any atom is -0.338 e. The Balaban J connectivity index is 1.64. The van der Waals surface area contributed by atoms with Crippen LogP contribution in [0.5, 0.6) is 0 Å². The number of aromatic nitrogens is 2. The number of hydrogen-bond donors (Lipinski definition) is 2. The predicted octanol–water partition coefficient (Wildman–Crippen LogP) is 5.27. The van der Waals surface area contributed by atoms with E-state index in [9.17, 15) is 9.18 Å². The minimum absolute atomic E-state index is 0.292. The maximum atomic E-state index is 13.4. The molecule has 1 aromatic heterocycles. The summed E-state index contributed by atoms with van der Waals surface area (Å²) in [5.74, 6) is -0.0513. The molecule has 0 spiro atoms. The number of imidazole rings is 1. The number of nitrogens with one attached hydrogen (secondary N) is 2. The lowest BCUT2D eigenvalue weighted by molar-refractivity contribution is 0.102. The third-order valence-corrected chi connectivity index (χ3v) is 4.29. The summed E-state index contributed by atoms with van der Waals surface area (Å²) in [4.78, 5) is 20.0. The number of aromatic amines is 1. The Morgan fingerprint density at radius 3 is 2.69 bits per heavy atom. The molecule has 3 aromatic carbocycles. The number of rotatable bonds is 3. The van der Waals surface area contributed by atoms with Gasteiger partial charge >= 0.3 is 0 Å². The van der Waals surface area contributed by atoms with Crippen molar-refractivity contribution in [3.8, 4) is 11.4 Å². The number of carbonyl (C=O) groups is 1. The molecule has 0 radical (unpaired) electrons. The van der Waals surface area contributed by atoms with Crippen LogP contribution in [0, 0.1) is 5.82 Å². The first-order valence-corrected chi connectivity index (χ1v) is 8.29. The summed E-state index contributed by atoms with van der Waals surface area (Å²) in [7, 11) is 0. The molecule has 1 amide bonds. The molecule has 0 saturated carbocycles. The number of halogens is 2. The molecular formula is C20H13ClFN3O. The van der Waals surface area contributed by atoms with Gasteiger partial charge in [-0.15, -0.1) is 0 Å². The lowest BCUT2D eigenvalue weighted by Crippen LogP contribution is -2.12. The maximum Gasteiger partial charge on any atom is 0.257 e. The summed E-state index contributed by atoms with van der Waals surface area (Å²) in [6, 6.07) is 18.4. The Labute approximate surface area is 153 Å². The first-order chi connectivity index (χ1) is 12.6. The van der Waals surface area contributed by atoms with Gasteiger partial charge < -0.3 is 10.3 Å². The summed E-state index contributed by atoms with van der Waals surface area (Å²) in [5, 5.41) is 3.21. The zero-order valence-corrected chi connectivity index (χ0v) is 14.2. The molecule has 0 aliphatic heterocycles. The van der Waals surface area contributed by atoms with Gasteiger partial charge in [-0.3, -0.25) is 4.79 Å². The van der Waals surface area contributed by atoms with Crippen LogP contribution in [0.4, 0.5) is 10.1 Å². The molecular weight excluding hydrogens is 353 g/mol. The second kappa shape index (κ2) is 6.61. The van der Waals surface area contributed by atoms with Crippen LogP contribution in [0.15, 0.2) is 66.7 Å². The fourth-order valence-corrected chi connectivity index (χ4v) is 2.93. The molecule has 2 N–H and O–H groups in total. The van der Waals surface area contributed by atoms with Crippen LogP contribution < -0.4 is 5.32 Å². The molecule has 0 bridgehead atoms. The zero-order valence-electron chi connectivity index (χ0n) is 13.5. The predicted molar refractivity (Wildman–Crippen MR) is 101 cm³/mol. The lowest BCUT2D eigenvalue weighted by Gasteiger charge is -2.06. The van der Waals surface area contributed by atoms with Crippen LogP contribution in [0.25, 0.3) is 22.4 Å². The molecule has 6 heteroatoms. The van der Waals surface area contributed by atoms with E-state index < -0.39 is 0 Å². The van der Waals surface area contributed by atoms with Gasteiger partial charge in [-0.25, -0.2) is 9.37 Å². The molecule has 0 fully saturated rings. The van der Waals surface area contributed by atoms with Crippen LogP contribution in [0.1, 0.15) is 10.4 Å². The van der Waals surface area contributed by atoms with Crippen molar-refractivity contribution in [1.29, 1.82) is 0 Å². The first-order valence-electron chi connectivity index (χ1n) is 7.92. The molecule has 0 unspecified atom stereocenters. The van der Waals surface area contributed by atoms with E-state index in [4.69, 9.17) is 11.6 Å². The second-order valence-electron chi connectivity index (χ2n) is 5.76. The molecule has 128 valence electrons. The summed E-state index contributed by atoms with van der Waals surface area (Å²) >= 11 is 6.06. The molecule has 4 aromatic rings. The van der Waals surface area contributed by atoms with Crippen molar-refractivity contribution in [1.82, 2.24) is 9.97 Å². The summed E-state index contributed by atoms with van der Waals surface area (Å²) in [6.07, 6.45) is 0. The number of benzene rings is 3. The highest BCUT2D eigenvalue weighted by molar-refractivity contribution is 6.34. The Morgan fingerprint density at radius 2 is 1.88 bits per heavy atom. The summed E-state index contributed by atoms with van der Waals surface area (Å²) in [6.45, 7) is 0. The van der Waals surface area contributed by atoms with E-state index in [1.165, 1.54) is 12.1 Å². The number of carbonyl (C=O) groups excluding carboxylic acids is 1. The van der Waals surface area contributed by atoms with E-state index >= 15 is 0 Å². The fourth-order valence-electron chi connectivity index (χ4n) is 2.70. The van der Waals surface area contributed by atoms with E-state index in [2.05, 4.69) is 15.3 Å². The molecule has 0 aliphatic carbocycles. The van der Waals surface area contributed by atoms with Gasteiger partial charge in [-0.2, -0.15) is 0 Å². The van der Waals surface area contributed by atoms with E-state index in [-0.39, 0.29) is 11.7 Å². The average molecular weight is 366 g/mol. The SMILES string of the molecule is O=C(Nc1ccc2nc(-c3cccc(F)c3)[nH]c2c1)c1ccccc1Cl. The van der Waals surface area contributed by atoms with Crippen LogP contribution in [-0.4, -0.2) is 15.9 Å². The van der Waals surface area contributed by atoms with Crippen LogP contribution in [-0.2, 0) is 0 Å². The summed E-state index contributed by atoms with van der Waals surface area (Å²) in [5.41, 5.74) is 3.13. The van der Waals surface area contributed by atoms with Crippen LogP contribution in [0.2, 0.25) is 5.02 Å². The monoisotopic (exact) mass is 365 g/mol. The van der Waals surface area contributed by atoms with Crippen molar-refractivity contribution in [2.75, 3.05) is 5.32 Å². The average Bonchev–Trinajstić information content (AvgIpc) is 3.05. The molecule has 0 atom stereocenters. The van der Waals surface area contributed by atoms with Crippen molar-refractivity contribution >= 4 is 34.2 Å². The van der Waals surface area contributed by atoms with E-state index in [0.717, 1.165) is 11.0 Å². The molecule has 1 heterocycles. The first kappa shape index (κ1) is 16.3. The van der Waals surface area contributed by atoms with Crippen molar-refractivity contribution in [3.05, 3.63) is 83.1 Å². The third-order valence-electron chi connectivity index (χ3n) is 3.96. The number of anilines is 1. The van der Waals surface area contributed by atoms with Gasteiger partial charge in [-0.1, -0.05) is 35.9 Å². The van der Waals surface area contributed by atoms with Crippen molar-refractivity contribution in [2.45, 2.75) is 0 Å². The van der Waals surface area contributed by atoms with E-state index in [0.29, 0.717) is 27.7 Å². The molecule has 4 rings (SSSR count). The van der Waals surface area contributed by atoms with Crippen LogP contribution >= 0.6 is 11.6 Å². The molecule has 26 heavy (non-hydrogen) atoms. The minimum atomic E-state index is -0.323. The van der Waals surface area contributed by atoms with Crippen molar-refractivity contribution < 1.29 is 9.18 Å². The Hall–Kier alpha value is -3.18. The highest BCUT2D eigenvalue weighted by Crippen LogP contribution is 2.24. The molecule has 0 saturated heterocycles. The van der Waals surface area contributed by atoms with Gasteiger partial charge in [0.25, 0.3) is 5.91 Å². The van der Waals surface area contributed by atoms with Gasteiger partial charge in [0.05, 0.1) is 21.6 Å². The number of hydrogen-bond acceptors (Lipinski definition) is 2. The van der Waals surface area contributed by atoms with Gasteiger partial charge in [-0.05, 0) is 42.5 Å². The molecule has 4 nitrogen and oxygen atoms in total. The summed E-state index contributed by atoms with van der Waals surface area (Å²) < 4.78 is 13.4. The fraction of sp³-hybridized carbons (Fsp3) is 0. The highest BCUT2D eigenvalue weighted by Gasteiger charge is 2.11. The quantitative estimate of drug-likeness (QED) is 0.519. The topological polar surface area (TPSA) is 57.8 Å². The molecule has 0 aliphatic rings. The third kappa shape index (κ3) is 3.17. The van der Waals surface area contributed by atoms with Crippen LogP contribution in [0.3, 0.4) is 0 Å². The highest BCUT2D eigenvalue weighted by atomic mass is 35.5. The standard InChI is InChI=1S/C20H13ClFN3O/c21-16-7-2-1-6-15(16)20(26)23-14-8-9-17-18(11-14)25-19(24-17)12-4-3-5-13(22)10-12/h1-11H,(H,23,26)(H,24,25). The number of fused-ring (bicyclic) bond motifs is 1. The van der Waals surface area contributed by atoms with Gasteiger partial charge in [0.15, 0.2) is 0 Å². The van der Waals surface area contributed by atoms with Crippen molar-refractivity contribution in [3.63, 3.8) is 0 Å². The normalized spacial score (nSPS) is 10.8. The Bertz CT molecular complexity index is 1120. The van der Waals surface area contributed by atoms with Gasteiger partial charge in [0.1, 0.15) is 11.6 Å². The van der Waals surface area contributed by atoms with Crippen molar-refractivity contribution in [2.24, 2.45) is 0 Å². The largest absolute Gasteiger partial charge is 0.338 e.